The van der Waals surface area contributed by atoms with Gasteiger partial charge in [-0.05, 0) is 36.2 Å². The van der Waals surface area contributed by atoms with Crippen LogP contribution in [0.25, 0.3) is 22.6 Å². The van der Waals surface area contributed by atoms with E-state index in [9.17, 15) is 0 Å². The van der Waals surface area contributed by atoms with Crippen molar-refractivity contribution in [3.8, 4) is 17.2 Å². The average Bonchev–Trinajstić information content (AvgIpc) is 3.27. The van der Waals surface area contributed by atoms with Gasteiger partial charge < -0.3 is 13.7 Å². The highest BCUT2D eigenvalue weighted by molar-refractivity contribution is 6.30. The third kappa shape index (κ3) is 3.25. The van der Waals surface area contributed by atoms with Crippen molar-refractivity contribution in [3.63, 3.8) is 0 Å². The predicted octanol–water partition coefficient (Wildman–Crippen LogP) is 4.63. The van der Waals surface area contributed by atoms with E-state index in [1.54, 1.807) is 30.5 Å². The van der Waals surface area contributed by atoms with Gasteiger partial charge in [-0.15, -0.1) is 10.2 Å². The molecule has 0 amide bonds. The van der Waals surface area contributed by atoms with Gasteiger partial charge in [-0.2, -0.15) is 0 Å². The van der Waals surface area contributed by atoms with Gasteiger partial charge in [0.1, 0.15) is 5.75 Å². The fourth-order valence-electron chi connectivity index (χ4n) is 2.49. The molecule has 3 aromatic heterocycles. The number of halogens is 1. The lowest BCUT2D eigenvalue weighted by Crippen LogP contribution is -1.95. The SMILES string of the molecule is CC(C)c1noc2ncc(-c3nnc(COc4ccc(Cl)cc4)o3)cc12. The van der Waals surface area contributed by atoms with Crippen LogP contribution in [0.15, 0.2) is 45.5 Å². The highest BCUT2D eigenvalue weighted by Gasteiger charge is 2.16. The molecule has 8 heteroatoms. The molecule has 4 aromatic rings. The highest BCUT2D eigenvalue weighted by atomic mass is 35.5. The van der Waals surface area contributed by atoms with Crippen molar-refractivity contribution < 1.29 is 13.7 Å². The molecule has 1 aromatic carbocycles. The van der Waals surface area contributed by atoms with Gasteiger partial charge in [0.15, 0.2) is 6.61 Å². The van der Waals surface area contributed by atoms with Crippen molar-refractivity contribution in [2.45, 2.75) is 26.4 Å². The van der Waals surface area contributed by atoms with Gasteiger partial charge in [-0.3, -0.25) is 0 Å². The lowest BCUT2D eigenvalue weighted by molar-refractivity contribution is 0.264. The lowest BCUT2D eigenvalue weighted by atomic mass is 10.1. The molecule has 0 radical (unpaired) electrons. The van der Waals surface area contributed by atoms with Crippen molar-refractivity contribution in [2.24, 2.45) is 0 Å². The Hall–Kier alpha value is -2.93. The maximum atomic E-state index is 5.85. The van der Waals surface area contributed by atoms with Crippen LogP contribution in [0.3, 0.4) is 0 Å². The van der Waals surface area contributed by atoms with E-state index in [4.69, 9.17) is 25.3 Å². The molecule has 0 fully saturated rings. The first-order valence-corrected chi connectivity index (χ1v) is 8.44. The smallest absolute Gasteiger partial charge is 0.257 e. The van der Waals surface area contributed by atoms with Crippen molar-refractivity contribution >= 4 is 22.7 Å². The summed E-state index contributed by atoms with van der Waals surface area (Å²) in [7, 11) is 0. The molecular formula is C18H15ClN4O3. The average molecular weight is 371 g/mol. The van der Waals surface area contributed by atoms with Gasteiger partial charge in [-0.25, -0.2) is 4.98 Å². The second-order valence-corrected chi connectivity index (χ2v) is 6.48. The number of nitrogens with zero attached hydrogens (tertiary/aromatic N) is 4. The lowest BCUT2D eigenvalue weighted by Gasteiger charge is -2.02. The Balaban J connectivity index is 1.54. The van der Waals surface area contributed by atoms with Crippen molar-refractivity contribution in [1.29, 1.82) is 0 Å². The van der Waals surface area contributed by atoms with Crippen molar-refractivity contribution in [3.05, 3.63) is 53.1 Å². The Morgan fingerprint density at radius 2 is 1.96 bits per heavy atom. The Bertz CT molecular complexity index is 1040. The molecule has 0 bridgehead atoms. The minimum absolute atomic E-state index is 0.162. The van der Waals surface area contributed by atoms with Crippen LogP contribution in [-0.4, -0.2) is 20.3 Å². The summed E-state index contributed by atoms with van der Waals surface area (Å²) in [5, 5.41) is 13.6. The standard InChI is InChI=1S/C18H15ClN4O3/c1-10(2)16-14-7-11(8-20-18(14)26-23-16)17-22-21-15(25-17)9-24-13-5-3-12(19)4-6-13/h3-8,10H,9H2,1-2H3. The zero-order valence-corrected chi connectivity index (χ0v) is 14.9. The van der Waals surface area contributed by atoms with E-state index in [0.29, 0.717) is 33.8 Å². The summed E-state index contributed by atoms with van der Waals surface area (Å²) in [6, 6.07) is 8.95. The molecule has 0 saturated heterocycles. The van der Waals surface area contributed by atoms with E-state index < -0.39 is 0 Å². The summed E-state index contributed by atoms with van der Waals surface area (Å²) >= 11 is 5.85. The molecule has 7 nitrogen and oxygen atoms in total. The number of rotatable bonds is 5. The maximum Gasteiger partial charge on any atom is 0.257 e. The Morgan fingerprint density at radius 1 is 1.15 bits per heavy atom. The molecular weight excluding hydrogens is 356 g/mol. The Labute approximate surface area is 153 Å². The molecule has 26 heavy (non-hydrogen) atoms. The summed E-state index contributed by atoms with van der Waals surface area (Å²) in [6.07, 6.45) is 1.62. The van der Waals surface area contributed by atoms with E-state index in [0.717, 1.165) is 11.1 Å². The number of aromatic nitrogens is 4. The Morgan fingerprint density at radius 3 is 2.73 bits per heavy atom. The van der Waals surface area contributed by atoms with Crippen LogP contribution in [0.2, 0.25) is 5.02 Å². The van der Waals surface area contributed by atoms with E-state index in [1.807, 2.05) is 19.9 Å². The van der Waals surface area contributed by atoms with Gasteiger partial charge in [0.2, 0.25) is 5.89 Å². The predicted molar refractivity (Wildman–Crippen MR) is 95.0 cm³/mol. The molecule has 0 aliphatic heterocycles. The van der Waals surface area contributed by atoms with Crippen LogP contribution in [0.1, 0.15) is 31.4 Å². The molecule has 0 aliphatic carbocycles. The quantitative estimate of drug-likeness (QED) is 0.506. The topological polar surface area (TPSA) is 87.1 Å². The second kappa shape index (κ2) is 6.76. The third-order valence-corrected chi connectivity index (χ3v) is 4.05. The van der Waals surface area contributed by atoms with E-state index >= 15 is 0 Å². The fraction of sp³-hybridized carbons (Fsp3) is 0.222. The van der Waals surface area contributed by atoms with Gasteiger partial charge in [0.05, 0.1) is 16.6 Å². The summed E-state index contributed by atoms with van der Waals surface area (Å²) in [6.45, 7) is 4.25. The van der Waals surface area contributed by atoms with Crippen LogP contribution in [-0.2, 0) is 6.61 Å². The summed E-state index contributed by atoms with van der Waals surface area (Å²) in [5.74, 6) is 1.62. The molecule has 3 heterocycles. The second-order valence-electron chi connectivity index (χ2n) is 6.04. The largest absolute Gasteiger partial charge is 0.484 e. The number of fused-ring (bicyclic) bond motifs is 1. The van der Waals surface area contributed by atoms with Crippen molar-refractivity contribution in [1.82, 2.24) is 20.3 Å². The minimum atomic E-state index is 0.162. The third-order valence-electron chi connectivity index (χ3n) is 3.79. The Kier molecular flexibility index (Phi) is 4.30. The number of benzene rings is 1. The summed E-state index contributed by atoms with van der Waals surface area (Å²) in [5.41, 5.74) is 2.04. The van der Waals surface area contributed by atoms with E-state index in [1.165, 1.54) is 0 Å². The number of pyridine rings is 1. The van der Waals surface area contributed by atoms with Gasteiger partial charge >= 0.3 is 0 Å². The van der Waals surface area contributed by atoms with Crippen LogP contribution < -0.4 is 4.74 Å². The first-order chi connectivity index (χ1) is 12.6. The van der Waals surface area contributed by atoms with Crippen LogP contribution >= 0.6 is 11.6 Å². The molecule has 0 unspecified atom stereocenters. The van der Waals surface area contributed by atoms with Crippen LogP contribution in [0.5, 0.6) is 5.75 Å². The van der Waals surface area contributed by atoms with E-state index in [-0.39, 0.29) is 12.5 Å². The van der Waals surface area contributed by atoms with Crippen molar-refractivity contribution in [2.75, 3.05) is 0 Å². The fourth-order valence-corrected chi connectivity index (χ4v) is 2.61. The molecule has 4 rings (SSSR count). The molecule has 0 saturated carbocycles. The van der Waals surface area contributed by atoms with Gasteiger partial charge in [0.25, 0.3) is 11.6 Å². The highest BCUT2D eigenvalue weighted by Crippen LogP contribution is 2.27. The number of hydrogen-bond donors (Lipinski definition) is 0. The molecule has 0 aliphatic rings. The van der Waals surface area contributed by atoms with Crippen LogP contribution in [0.4, 0.5) is 0 Å². The summed E-state index contributed by atoms with van der Waals surface area (Å²) in [4.78, 5) is 4.27. The monoisotopic (exact) mass is 370 g/mol. The molecule has 0 atom stereocenters. The van der Waals surface area contributed by atoms with E-state index in [2.05, 4.69) is 20.3 Å². The zero-order chi connectivity index (χ0) is 18.1. The van der Waals surface area contributed by atoms with Crippen LogP contribution in [0, 0.1) is 0 Å². The maximum absolute atomic E-state index is 5.85. The van der Waals surface area contributed by atoms with Gasteiger partial charge in [0, 0.05) is 11.2 Å². The summed E-state index contributed by atoms with van der Waals surface area (Å²) < 4.78 is 16.5. The zero-order valence-electron chi connectivity index (χ0n) is 14.1. The minimum Gasteiger partial charge on any atom is -0.484 e. The number of hydrogen-bond acceptors (Lipinski definition) is 7. The normalized spacial score (nSPS) is 11.4. The number of ether oxygens (including phenoxy) is 1. The molecule has 132 valence electrons. The van der Waals surface area contributed by atoms with Gasteiger partial charge in [-0.1, -0.05) is 30.6 Å². The first-order valence-electron chi connectivity index (χ1n) is 8.06. The molecule has 0 N–H and O–H groups in total. The molecule has 0 spiro atoms. The first kappa shape index (κ1) is 16.5.